The van der Waals surface area contributed by atoms with Gasteiger partial charge in [-0.2, -0.15) is 0 Å². The molecule has 0 radical (unpaired) electrons. The highest BCUT2D eigenvalue weighted by Crippen LogP contribution is 2.25. The monoisotopic (exact) mass is 272 g/mol. The van der Waals surface area contributed by atoms with Crippen LogP contribution in [-0.2, 0) is 4.79 Å². The zero-order valence-corrected chi connectivity index (χ0v) is 11.1. The van der Waals surface area contributed by atoms with Crippen LogP contribution in [-0.4, -0.2) is 22.6 Å². The maximum atomic E-state index is 11.5. The molecule has 0 bridgehead atoms. The van der Waals surface area contributed by atoms with Crippen LogP contribution in [0.1, 0.15) is 25.7 Å². The SMILES string of the molecule is O=C1CCC[C@H]1CCOc1nnc(-c2ccccc2)o1. The molecule has 1 aliphatic rings. The fourth-order valence-electron chi connectivity index (χ4n) is 2.45. The molecule has 1 aromatic carbocycles. The van der Waals surface area contributed by atoms with Gasteiger partial charge in [-0.3, -0.25) is 4.79 Å². The Bertz CT molecular complexity index is 580. The molecule has 1 aliphatic carbocycles. The summed E-state index contributed by atoms with van der Waals surface area (Å²) in [5.41, 5.74) is 0.862. The van der Waals surface area contributed by atoms with E-state index < -0.39 is 0 Å². The van der Waals surface area contributed by atoms with Gasteiger partial charge in [0.05, 0.1) is 6.61 Å². The molecule has 1 aromatic heterocycles. The van der Waals surface area contributed by atoms with E-state index in [4.69, 9.17) is 9.15 Å². The number of carbonyl (C=O) groups excluding carboxylic acids is 1. The summed E-state index contributed by atoms with van der Waals surface area (Å²) in [4.78, 5) is 11.5. The van der Waals surface area contributed by atoms with Gasteiger partial charge < -0.3 is 9.15 Å². The van der Waals surface area contributed by atoms with Crippen LogP contribution in [0.2, 0.25) is 0 Å². The van der Waals surface area contributed by atoms with E-state index in [0.29, 0.717) is 24.7 Å². The number of ketones is 1. The first-order valence-electron chi connectivity index (χ1n) is 6.87. The molecular formula is C15H16N2O3. The van der Waals surface area contributed by atoms with Crippen LogP contribution in [0, 0.1) is 5.92 Å². The Morgan fingerprint density at radius 2 is 2.10 bits per heavy atom. The van der Waals surface area contributed by atoms with E-state index in [9.17, 15) is 4.79 Å². The minimum atomic E-state index is 0.145. The van der Waals surface area contributed by atoms with Crippen LogP contribution in [0.3, 0.4) is 0 Å². The van der Waals surface area contributed by atoms with Crippen molar-refractivity contribution in [1.82, 2.24) is 10.2 Å². The van der Waals surface area contributed by atoms with Crippen LogP contribution in [0.15, 0.2) is 34.7 Å². The Morgan fingerprint density at radius 1 is 1.25 bits per heavy atom. The second-order valence-electron chi connectivity index (χ2n) is 4.93. The minimum absolute atomic E-state index is 0.145. The molecule has 1 saturated carbocycles. The lowest BCUT2D eigenvalue weighted by molar-refractivity contribution is -0.121. The molecule has 1 atom stereocenters. The van der Waals surface area contributed by atoms with E-state index in [1.807, 2.05) is 30.3 Å². The summed E-state index contributed by atoms with van der Waals surface area (Å²) in [5, 5.41) is 7.80. The summed E-state index contributed by atoms with van der Waals surface area (Å²) in [6.45, 7) is 0.437. The first-order valence-corrected chi connectivity index (χ1v) is 6.87. The zero-order chi connectivity index (χ0) is 13.8. The Kier molecular flexibility index (Phi) is 3.76. The third-order valence-corrected chi connectivity index (χ3v) is 3.55. The van der Waals surface area contributed by atoms with Gasteiger partial charge in [-0.1, -0.05) is 23.3 Å². The van der Waals surface area contributed by atoms with E-state index in [1.165, 1.54) is 0 Å². The molecule has 0 spiro atoms. The van der Waals surface area contributed by atoms with Crippen LogP contribution in [0.25, 0.3) is 11.5 Å². The predicted octanol–water partition coefficient (Wildman–Crippen LogP) is 2.87. The highest BCUT2D eigenvalue weighted by atomic mass is 16.6. The molecule has 2 aromatic rings. The summed E-state index contributed by atoms with van der Waals surface area (Å²) in [6, 6.07) is 9.54. The third kappa shape index (κ3) is 2.87. The number of benzene rings is 1. The normalized spacial score (nSPS) is 18.4. The van der Waals surface area contributed by atoms with Gasteiger partial charge >= 0.3 is 6.08 Å². The van der Waals surface area contributed by atoms with E-state index in [0.717, 1.165) is 24.8 Å². The van der Waals surface area contributed by atoms with Gasteiger partial charge in [0.15, 0.2) is 0 Å². The molecule has 5 nitrogen and oxygen atoms in total. The standard InChI is InChI=1S/C15H16N2O3/c18-13-8-4-7-11(13)9-10-19-15-17-16-14(20-15)12-5-2-1-3-6-12/h1-3,5-6,11H,4,7-10H2/t11-/m0/s1. The van der Waals surface area contributed by atoms with E-state index >= 15 is 0 Å². The summed E-state index contributed by atoms with van der Waals surface area (Å²) < 4.78 is 10.9. The number of aromatic nitrogens is 2. The second kappa shape index (κ2) is 5.86. The minimum Gasteiger partial charge on any atom is -0.449 e. The maximum Gasteiger partial charge on any atom is 0.414 e. The fraction of sp³-hybridized carbons (Fsp3) is 0.400. The van der Waals surface area contributed by atoms with Gasteiger partial charge in [0.25, 0.3) is 5.89 Å². The Labute approximate surface area is 117 Å². The molecular weight excluding hydrogens is 256 g/mol. The smallest absolute Gasteiger partial charge is 0.414 e. The van der Waals surface area contributed by atoms with Gasteiger partial charge in [0.2, 0.25) is 0 Å². The number of hydrogen-bond acceptors (Lipinski definition) is 5. The molecule has 0 unspecified atom stereocenters. The van der Waals surface area contributed by atoms with Crippen molar-refractivity contribution in [3.63, 3.8) is 0 Å². The average molecular weight is 272 g/mol. The second-order valence-corrected chi connectivity index (χ2v) is 4.93. The van der Waals surface area contributed by atoms with Crippen LogP contribution in [0.5, 0.6) is 6.08 Å². The van der Waals surface area contributed by atoms with Gasteiger partial charge in [-0.15, -0.1) is 5.10 Å². The molecule has 20 heavy (non-hydrogen) atoms. The lowest BCUT2D eigenvalue weighted by Crippen LogP contribution is -2.11. The predicted molar refractivity (Wildman–Crippen MR) is 72.2 cm³/mol. The fourth-order valence-corrected chi connectivity index (χ4v) is 2.45. The number of ether oxygens (including phenoxy) is 1. The molecule has 0 saturated heterocycles. The van der Waals surface area contributed by atoms with Gasteiger partial charge in [0, 0.05) is 17.9 Å². The first-order chi connectivity index (χ1) is 9.83. The number of nitrogens with zero attached hydrogens (tertiary/aromatic N) is 2. The quantitative estimate of drug-likeness (QED) is 0.837. The largest absolute Gasteiger partial charge is 0.449 e. The number of hydrogen-bond donors (Lipinski definition) is 0. The van der Waals surface area contributed by atoms with Gasteiger partial charge in [-0.25, -0.2) is 0 Å². The average Bonchev–Trinajstić information content (AvgIpc) is 3.10. The van der Waals surface area contributed by atoms with Crippen molar-refractivity contribution in [3.8, 4) is 17.5 Å². The maximum absolute atomic E-state index is 11.5. The van der Waals surface area contributed by atoms with Crippen molar-refractivity contribution in [2.45, 2.75) is 25.7 Å². The Morgan fingerprint density at radius 3 is 2.85 bits per heavy atom. The van der Waals surface area contributed by atoms with Crippen LogP contribution in [0.4, 0.5) is 0 Å². The number of Topliss-reactive ketones (excluding diaryl/α,β-unsaturated/α-hetero) is 1. The number of rotatable bonds is 5. The summed E-state index contributed by atoms with van der Waals surface area (Å²) in [6.07, 6.45) is 3.57. The summed E-state index contributed by atoms with van der Waals surface area (Å²) in [5.74, 6) is 0.938. The topological polar surface area (TPSA) is 65.2 Å². The lowest BCUT2D eigenvalue weighted by Gasteiger charge is -2.06. The van der Waals surface area contributed by atoms with Crippen molar-refractivity contribution in [1.29, 1.82) is 0 Å². The molecule has 5 heteroatoms. The highest BCUT2D eigenvalue weighted by Gasteiger charge is 2.24. The molecule has 104 valence electrons. The van der Waals surface area contributed by atoms with Crippen molar-refractivity contribution >= 4 is 5.78 Å². The number of carbonyl (C=O) groups is 1. The van der Waals surface area contributed by atoms with Gasteiger partial charge in [0.1, 0.15) is 5.78 Å². The summed E-state index contributed by atoms with van der Waals surface area (Å²) in [7, 11) is 0. The van der Waals surface area contributed by atoms with Crippen molar-refractivity contribution in [2.24, 2.45) is 5.92 Å². The molecule has 0 aliphatic heterocycles. The van der Waals surface area contributed by atoms with Crippen LogP contribution < -0.4 is 4.74 Å². The molecule has 1 fully saturated rings. The molecule has 1 heterocycles. The van der Waals surface area contributed by atoms with Crippen molar-refractivity contribution in [3.05, 3.63) is 30.3 Å². The third-order valence-electron chi connectivity index (χ3n) is 3.55. The van der Waals surface area contributed by atoms with Crippen LogP contribution >= 0.6 is 0 Å². The Balaban J connectivity index is 1.54. The molecule has 0 amide bonds. The van der Waals surface area contributed by atoms with E-state index in [1.54, 1.807) is 0 Å². The zero-order valence-electron chi connectivity index (χ0n) is 11.1. The van der Waals surface area contributed by atoms with E-state index in [2.05, 4.69) is 10.2 Å². The lowest BCUT2D eigenvalue weighted by atomic mass is 10.0. The Hall–Kier alpha value is -2.17. The first kappa shape index (κ1) is 12.8. The summed E-state index contributed by atoms with van der Waals surface area (Å²) >= 11 is 0. The van der Waals surface area contributed by atoms with E-state index in [-0.39, 0.29) is 12.0 Å². The highest BCUT2D eigenvalue weighted by molar-refractivity contribution is 5.82. The van der Waals surface area contributed by atoms with Crippen molar-refractivity contribution < 1.29 is 13.9 Å². The van der Waals surface area contributed by atoms with Gasteiger partial charge in [-0.05, 0) is 31.4 Å². The molecule has 0 N–H and O–H groups in total. The van der Waals surface area contributed by atoms with Crippen molar-refractivity contribution in [2.75, 3.05) is 6.61 Å². The molecule has 3 rings (SSSR count).